The zero-order valence-electron chi connectivity index (χ0n) is 7.20. The molecule has 1 aliphatic rings. The van der Waals surface area contributed by atoms with Crippen molar-refractivity contribution in [1.29, 1.82) is 0 Å². The molecule has 1 saturated carbocycles. The number of hydrogen-bond acceptors (Lipinski definition) is 1. The summed E-state index contributed by atoms with van der Waals surface area (Å²) in [4.78, 5) is 0. The SMILES string of the molecule is NCC(F)(CC1CCC1)C(F)(F)F. The second-order valence-corrected chi connectivity index (χ2v) is 3.67. The highest BCUT2D eigenvalue weighted by Crippen LogP contribution is 2.42. The molecule has 13 heavy (non-hydrogen) atoms. The highest BCUT2D eigenvalue weighted by Gasteiger charge is 2.55. The fraction of sp³-hybridized carbons (Fsp3) is 1.00. The Morgan fingerprint density at radius 2 is 1.69 bits per heavy atom. The van der Waals surface area contributed by atoms with Gasteiger partial charge in [0, 0.05) is 6.54 Å². The summed E-state index contributed by atoms with van der Waals surface area (Å²) >= 11 is 0. The van der Waals surface area contributed by atoms with Gasteiger partial charge >= 0.3 is 6.18 Å². The lowest BCUT2D eigenvalue weighted by Crippen LogP contribution is -2.49. The zero-order valence-corrected chi connectivity index (χ0v) is 7.20. The van der Waals surface area contributed by atoms with Crippen molar-refractivity contribution in [2.45, 2.75) is 37.5 Å². The molecule has 0 radical (unpaired) electrons. The van der Waals surface area contributed by atoms with Gasteiger partial charge in [-0.2, -0.15) is 13.2 Å². The molecule has 0 heterocycles. The Balaban J connectivity index is 2.57. The molecule has 78 valence electrons. The summed E-state index contributed by atoms with van der Waals surface area (Å²) in [5.74, 6) is -0.129. The number of alkyl halides is 4. The fourth-order valence-electron chi connectivity index (χ4n) is 1.47. The zero-order chi connectivity index (χ0) is 10.1. The van der Waals surface area contributed by atoms with E-state index < -0.39 is 24.8 Å². The van der Waals surface area contributed by atoms with Crippen LogP contribution in [0.25, 0.3) is 0 Å². The van der Waals surface area contributed by atoms with Crippen molar-refractivity contribution in [2.75, 3.05) is 6.54 Å². The van der Waals surface area contributed by atoms with E-state index in [2.05, 4.69) is 0 Å². The van der Waals surface area contributed by atoms with Crippen LogP contribution in [0, 0.1) is 5.92 Å². The minimum atomic E-state index is -4.82. The van der Waals surface area contributed by atoms with E-state index in [1.807, 2.05) is 0 Å². The van der Waals surface area contributed by atoms with Gasteiger partial charge in [0.15, 0.2) is 0 Å². The number of rotatable bonds is 3. The van der Waals surface area contributed by atoms with Crippen molar-refractivity contribution in [3.8, 4) is 0 Å². The molecular formula is C8H13F4N. The summed E-state index contributed by atoms with van der Waals surface area (Å²) in [6.07, 6.45) is -2.99. The van der Waals surface area contributed by atoms with E-state index in [9.17, 15) is 17.6 Å². The van der Waals surface area contributed by atoms with E-state index in [0.29, 0.717) is 12.8 Å². The first-order valence-corrected chi connectivity index (χ1v) is 4.35. The number of hydrogen-bond donors (Lipinski definition) is 1. The maximum atomic E-state index is 13.2. The smallest absolute Gasteiger partial charge is 0.327 e. The van der Waals surface area contributed by atoms with Gasteiger partial charge in [-0.15, -0.1) is 0 Å². The van der Waals surface area contributed by atoms with Gasteiger partial charge in [0.1, 0.15) is 0 Å². The lowest BCUT2D eigenvalue weighted by atomic mass is 9.77. The molecule has 1 fully saturated rings. The molecule has 1 atom stereocenters. The van der Waals surface area contributed by atoms with Crippen LogP contribution < -0.4 is 5.73 Å². The topological polar surface area (TPSA) is 26.0 Å². The van der Waals surface area contributed by atoms with Gasteiger partial charge in [-0.3, -0.25) is 0 Å². The molecular weight excluding hydrogens is 186 g/mol. The number of halogens is 4. The highest BCUT2D eigenvalue weighted by molar-refractivity contribution is 4.92. The minimum absolute atomic E-state index is 0.129. The van der Waals surface area contributed by atoms with E-state index in [0.717, 1.165) is 6.42 Å². The second kappa shape index (κ2) is 3.44. The molecule has 0 aromatic heterocycles. The summed E-state index contributed by atoms with van der Waals surface area (Å²) in [6.45, 7) is -0.965. The molecule has 1 nitrogen and oxygen atoms in total. The van der Waals surface area contributed by atoms with Gasteiger partial charge in [0.25, 0.3) is 0 Å². The van der Waals surface area contributed by atoms with Crippen molar-refractivity contribution in [2.24, 2.45) is 11.7 Å². The summed E-state index contributed by atoms with van der Waals surface area (Å²) in [6, 6.07) is 0. The Bertz CT molecular complexity index is 175. The fourth-order valence-corrected chi connectivity index (χ4v) is 1.47. The van der Waals surface area contributed by atoms with E-state index in [-0.39, 0.29) is 5.92 Å². The lowest BCUT2D eigenvalue weighted by Gasteiger charge is -2.34. The van der Waals surface area contributed by atoms with Gasteiger partial charge in [0.2, 0.25) is 5.67 Å². The summed E-state index contributed by atoms with van der Waals surface area (Å²) in [5.41, 5.74) is 1.66. The molecule has 5 heteroatoms. The third kappa shape index (κ3) is 2.13. The van der Waals surface area contributed by atoms with E-state index in [1.165, 1.54) is 0 Å². The first kappa shape index (κ1) is 10.8. The molecule has 1 aliphatic carbocycles. The number of nitrogens with two attached hydrogens (primary N) is 1. The average molecular weight is 199 g/mol. The van der Waals surface area contributed by atoms with Crippen LogP contribution in [0.1, 0.15) is 25.7 Å². The standard InChI is InChI=1S/C8H13F4N/c9-7(5-13,8(10,11)12)4-6-2-1-3-6/h6H,1-5,13H2. The van der Waals surface area contributed by atoms with E-state index in [4.69, 9.17) is 5.73 Å². The maximum Gasteiger partial charge on any atom is 0.423 e. The Labute approximate surface area is 74.3 Å². The molecule has 0 saturated heterocycles. The molecule has 1 rings (SSSR count). The van der Waals surface area contributed by atoms with Crippen LogP contribution in [-0.4, -0.2) is 18.4 Å². The van der Waals surface area contributed by atoms with Crippen LogP contribution in [0.4, 0.5) is 17.6 Å². The molecule has 0 amide bonds. The van der Waals surface area contributed by atoms with E-state index in [1.54, 1.807) is 0 Å². The molecule has 2 N–H and O–H groups in total. The van der Waals surface area contributed by atoms with Gasteiger partial charge in [-0.1, -0.05) is 19.3 Å². The third-order valence-electron chi connectivity index (χ3n) is 2.67. The normalized spacial score (nSPS) is 23.8. The maximum absolute atomic E-state index is 13.2. The third-order valence-corrected chi connectivity index (χ3v) is 2.67. The molecule has 0 aromatic carbocycles. The van der Waals surface area contributed by atoms with Crippen LogP contribution in [0.2, 0.25) is 0 Å². The monoisotopic (exact) mass is 199 g/mol. The first-order valence-electron chi connectivity index (χ1n) is 4.35. The Hall–Kier alpha value is -0.320. The Kier molecular flexibility index (Phi) is 2.85. The van der Waals surface area contributed by atoms with Crippen LogP contribution in [-0.2, 0) is 0 Å². The van der Waals surface area contributed by atoms with Crippen LogP contribution >= 0.6 is 0 Å². The van der Waals surface area contributed by atoms with E-state index >= 15 is 0 Å². The summed E-state index contributed by atoms with van der Waals surface area (Å²) < 4.78 is 49.8. The summed E-state index contributed by atoms with van der Waals surface area (Å²) in [7, 11) is 0. The Morgan fingerprint density at radius 1 is 1.15 bits per heavy atom. The van der Waals surface area contributed by atoms with Crippen molar-refractivity contribution in [1.82, 2.24) is 0 Å². The van der Waals surface area contributed by atoms with Crippen molar-refractivity contribution < 1.29 is 17.6 Å². The van der Waals surface area contributed by atoms with Crippen molar-refractivity contribution in [3.63, 3.8) is 0 Å². The predicted molar refractivity (Wildman–Crippen MR) is 40.9 cm³/mol. The lowest BCUT2D eigenvalue weighted by molar-refractivity contribution is -0.233. The largest absolute Gasteiger partial charge is 0.423 e. The van der Waals surface area contributed by atoms with Gasteiger partial charge in [-0.25, -0.2) is 4.39 Å². The molecule has 0 spiro atoms. The average Bonchev–Trinajstić information content (AvgIpc) is 1.94. The van der Waals surface area contributed by atoms with Crippen LogP contribution in [0.5, 0.6) is 0 Å². The van der Waals surface area contributed by atoms with Crippen LogP contribution in [0.3, 0.4) is 0 Å². The van der Waals surface area contributed by atoms with Gasteiger partial charge in [-0.05, 0) is 12.3 Å². The molecule has 0 aliphatic heterocycles. The second-order valence-electron chi connectivity index (χ2n) is 3.67. The Morgan fingerprint density at radius 3 is 1.92 bits per heavy atom. The van der Waals surface area contributed by atoms with Crippen molar-refractivity contribution >= 4 is 0 Å². The summed E-state index contributed by atoms with van der Waals surface area (Å²) in [5, 5.41) is 0. The van der Waals surface area contributed by atoms with Crippen LogP contribution in [0.15, 0.2) is 0 Å². The van der Waals surface area contributed by atoms with Gasteiger partial charge < -0.3 is 5.73 Å². The van der Waals surface area contributed by atoms with Crippen molar-refractivity contribution in [3.05, 3.63) is 0 Å². The minimum Gasteiger partial charge on any atom is -0.327 e. The molecule has 0 bridgehead atoms. The quantitative estimate of drug-likeness (QED) is 0.694. The molecule has 1 unspecified atom stereocenters. The first-order chi connectivity index (χ1) is 5.89. The predicted octanol–water partition coefficient (Wildman–Crippen LogP) is 2.41. The van der Waals surface area contributed by atoms with Gasteiger partial charge in [0.05, 0.1) is 0 Å². The highest BCUT2D eigenvalue weighted by atomic mass is 19.4. The molecule has 0 aromatic rings.